The van der Waals surface area contributed by atoms with Crippen molar-refractivity contribution in [3.05, 3.63) is 28.2 Å². The topological polar surface area (TPSA) is 44.5 Å². The van der Waals surface area contributed by atoms with Crippen LogP contribution in [-0.2, 0) is 4.74 Å². The number of hydrogen-bond acceptors (Lipinski definition) is 3. The molecule has 0 heterocycles. The second kappa shape index (κ2) is 6.89. The Morgan fingerprint density at radius 3 is 2.75 bits per heavy atom. The van der Waals surface area contributed by atoms with Gasteiger partial charge in [-0.3, -0.25) is 0 Å². The van der Waals surface area contributed by atoms with Gasteiger partial charge in [0.2, 0.25) is 0 Å². The summed E-state index contributed by atoms with van der Waals surface area (Å²) in [6.45, 7) is 3.30. The third-order valence-corrected chi connectivity index (χ3v) is 2.71. The Labute approximate surface area is 105 Å². The zero-order valence-corrected chi connectivity index (χ0v) is 11.3. The summed E-state index contributed by atoms with van der Waals surface area (Å²) in [6.07, 6.45) is 0.876. The largest absolute Gasteiger partial charge is 0.493 e. The minimum atomic E-state index is -0.0227. The Balaban J connectivity index is 2.65. The second-order valence-electron chi connectivity index (χ2n) is 3.67. The summed E-state index contributed by atoms with van der Waals surface area (Å²) in [5.41, 5.74) is 6.90. The first kappa shape index (κ1) is 13.5. The van der Waals surface area contributed by atoms with Crippen LogP contribution in [-0.4, -0.2) is 20.3 Å². The Hall–Kier alpha value is -0.580. The van der Waals surface area contributed by atoms with Gasteiger partial charge in [-0.15, -0.1) is 0 Å². The predicted molar refractivity (Wildman–Crippen MR) is 68.7 cm³/mol. The van der Waals surface area contributed by atoms with Gasteiger partial charge in [0.05, 0.1) is 6.61 Å². The van der Waals surface area contributed by atoms with Crippen molar-refractivity contribution < 1.29 is 9.47 Å². The minimum absolute atomic E-state index is 0.0227. The van der Waals surface area contributed by atoms with E-state index in [2.05, 4.69) is 15.9 Å². The molecule has 1 atom stereocenters. The van der Waals surface area contributed by atoms with Gasteiger partial charge in [-0.1, -0.05) is 22.0 Å². The standard InChI is InChI=1S/C12H18BrNO2/c1-9(14)11-5-4-10(13)8-12(11)16-7-3-6-15-2/h4-5,8-9H,3,6-7,14H2,1-2H3/t9-/m1/s1. The fourth-order valence-electron chi connectivity index (χ4n) is 1.39. The van der Waals surface area contributed by atoms with Crippen LogP contribution in [0.3, 0.4) is 0 Å². The van der Waals surface area contributed by atoms with Crippen LogP contribution in [0.25, 0.3) is 0 Å². The monoisotopic (exact) mass is 287 g/mol. The van der Waals surface area contributed by atoms with Crippen molar-refractivity contribution in [2.75, 3.05) is 20.3 Å². The molecule has 1 rings (SSSR count). The second-order valence-corrected chi connectivity index (χ2v) is 4.58. The minimum Gasteiger partial charge on any atom is -0.493 e. The van der Waals surface area contributed by atoms with Crippen LogP contribution in [0.15, 0.2) is 22.7 Å². The van der Waals surface area contributed by atoms with Crippen LogP contribution in [0.2, 0.25) is 0 Å². The molecule has 0 radical (unpaired) electrons. The number of hydrogen-bond donors (Lipinski definition) is 1. The summed E-state index contributed by atoms with van der Waals surface area (Å²) in [5.74, 6) is 0.848. The van der Waals surface area contributed by atoms with Gasteiger partial charge < -0.3 is 15.2 Å². The molecular weight excluding hydrogens is 270 g/mol. The lowest BCUT2D eigenvalue weighted by Gasteiger charge is -2.14. The molecule has 0 unspecified atom stereocenters. The highest BCUT2D eigenvalue weighted by Crippen LogP contribution is 2.27. The van der Waals surface area contributed by atoms with E-state index in [9.17, 15) is 0 Å². The molecule has 1 aromatic rings. The normalized spacial score (nSPS) is 12.5. The van der Waals surface area contributed by atoms with E-state index in [4.69, 9.17) is 15.2 Å². The van der Waals surface area contributed by atoms with Crippen LogP contribution in [0.4, 0.5) is 0 Å². The van der Waals surface area contributed by atoms with Crippen LogP contribution >= 0.6 is 15.9 Å². The molecular formula is C12H18BrNO2. The van der Waals surface area contributed by atoms with E-state index in [-0.39, 0.29) is 6.04 Å². The van der Waals surface area contributed by atoms with Crippen molar-refractivity contribution in [3.8, 4) is 5.75 Å². The summed E-state index contributed by atoms with van der Waals surface area (Å²) in [7, 11) is 1.69. The molecule has 16 heavy (non-hydrogen) atoms. The van der Waals surface area contributed by atoms with Gasteiger partial charge in [-0.2, -0.15) is 0 Å². The molecule has 1 aromatic carbocycles. The molecule has 0 aliphatic carbocycles. The quantitative estimate of drug-likeness (QED) is 0.819. The van der Waals surface area contributed by atoms with Crippen LogP contribution in [0.1, 0.15) is 24.9 Å². The van der Waals surface area contributed by atoms with Gasteiger partial charge in [-0.05, 0) is 19.1 Å². The number of benzene rings is 1. The van der Waals surface area contributed by atoms with Gasteiger partial charge in [-0.25, -0.2) is 0 Å². The first-order valence-electron chi connectivity index (χ1n) is 5.32. The van der Waals surface area contributed by atoms with Crippen LogP contribution in [0.5, 0.6) is 5.75 Å². The molecule has 4 heteroatoms. The lowest BCUT2D eigenvalue weighted by Crippen LogP contribution is -2.09. The molecule has 0 aliphatic heterocycles. The van der Waals surface area contributed by atoms with E-state index >= 15 is 0 Å². The molecule has 2 N–H and O–H groups in total. The number of methoxy groups -OCH3 is 1. The number of rotatable bonds is 6. The van der Waals surface area contributed by atoms with Crippen molar-refractivity contribution in [1.82, 2.24) is 0 Å². The summed E-state index contributed by atoms with van der Waals surface area (Å²) in [5, 5.41) is 0. The zero-order chi connectivity index (χ0) is 12.0. The van der Waals surface area contributed by atoms with E-state index in [1.54, 1.807) is 7.11 Å². The molecule has 90 valence electrons. The van der Waals surface area contributed by atoms with Crippen molar-refractivity contribution in [3.63, 3.8) is 0 Å². The van der Waals surface area contributed by atoms with Crippen LogP contribution in [0, 0.1) is 0 Å². The van der Waals surface area contributed by atoms with E-state index in [1.165, 1.54) is 0 Å². The van der Waals surface area contributed by atoms with E-state index in [1.807, 2.05) is 25.1 Å². The van der Waals surface area contributed by atoms with Crippen molar-refractivity contribution in [2.24, 2.45) is 5.73 Å². The summed E-state index contributed by atoms with van der Waals surface area (Å²) >= 11 is 3.42. The highest BCUT2D eigenvalue weighted by atomic mass is 79.9. The maximum atomic E-state index is 5.88. The smallest absolute Gasteiger partial charge is 0.125 e. The molecule has 0 saturated heterocycles. The molecule has 0 aromatic heterocycles. The molecule has 0 bridgehead atoms. The fraction of sp³-hybridized carbons (Fsp3) is 0.500. The highest BCUT2D eigenvalue weighted by molar-refractivity contribution is 9.10. The Kier molecular flexibility index (Phi) is 5.80. The first-order chi connectivity index (χ1) is 7.65. The highest BCUT2D eigenvalue weighted by Gasteiger charge is 2.08. The maximum Gasteiger partial charge on any atom is 0.125 e. The molecule has 0 spiro atoms. The first-order valence-corrected chi connectivity index (χ1v) is 6.11. The van der Waals surface area contributed by atoms with Crippen molar-refractivity contribution in [2.45, 2.75) is 19.4 Å². The Bertz CT molecular complexity index is 329. The van der Waals surface area contributed by atoms with E-state index < -0.39 is 0 Å². The Morgan fingerprint density at radius 2 is 2.12 bits per heavy atom. The molecule has 0 fully saturated rings. The zero-order valence-electron chi connectivity index (χ0n) is 9.70. The molecule has 0 aliphatic rings. The molecule has 0 saturated carbocycles. The average molecular weight is 288 g/mol. The van der Waals surface area contributed by atoms with Gasteiger partial charge in [0.1, 0.15) is 5.75 Å². The SMILES string of the molecule is COCCCOc1cc(Br)ccc1[C@@H](C)N. The maximum absolute atomic E-state index is 5.88. The average Bonchev–Trinajstić information content (AvgIpc) is 2.24. The van der Waals surface area contributed by atoms with Gasteiger partial charge in [0, 0.05) is 36.2 Å². The number of halogens is 1. The van der Waals surface area contributed by atoms with Crippen molar-refractivity contribution in [1.29, 1.82) is 0 Å². The summed E-state index contributed by atoms with van der Waals surface area (Å²) in [6, 6.07) is 5.89. The van der Waals surface area contributed by atoms with E-state index in [0.29, 0.717) is 13.2 Å². The lowest BCUT2D eigenvalue weighted by molar-refractivity contribution is 0.171. The van der Waals surface area contributed by atoms with Crippen LogP contribution < -0.4 is 10.5 Å². The van der Waals surface area contributed by atoms with Crippen molar-refractivity contribution >= 4 is 15.9 Å². The third kappa shape index (κ3) is 4.12. The van der Waals surface area contributed by atoms with Gasteiger partial charge >= 0.3 is 0 Å². The fourth-order valence-corrected chi connectivity index (χ4v) is 1.73. The third-order valence-electron chi connectivity index (χ3n) is 2.22. The van der Waals surface area contributed by atoms with Gasteiger partial charge in [0.15, 0.2) is 0 Å². The van der Waals surface area contributed by atoms with E-state index in [0.717, 1.165) is 22.2 Å². The Morgan fingerprint density at radius 1 is 1.38 bits per heavy atom. The predicted octanol–water partition coefficient (Wildman–Crippen LogP) is 2.88. The number of nitrogens with two attached hydrogens (primary N) is 1. The molecule has 3 nitrogen and oxygen atoms in total. The molecule has 0 amide bonds. The lowest BCUT2D eigenvalue weighted by atomic mass is 10.1. The summed E-state index contributed by atoms with van der Waals surface area (Å²) < 4.78 is 11.7. The summed E-state index contributed by atoms with van der Waals surface area (Å²) in [4.78, 5) is 0. The van der Waals surface area contributed by atoms with Gasteiger partial charge in [0.25, 0.3) is 0 Å². The number of ether oxygens (including phenoxy) is 2.